The van der Waals surface area contributed by atoms with Crippen LogP contribution in [0.1, 0.15) is 26.2 Å². The number of nitro groups is 1. The van der Waals surface area contributed by atoms with Gasteiger partial charge in [-0.15, -0.1) is 0 Å². The van der Waals surface area contributed by atoms with E-state index in [2.05, 4.69) is 10.3 Å². The number of ether oxygens (including phenoxy) is 1. The molecule has 2 atom stereocenters. The predicted octanol–water partition coefficient (Wildman–Crippen LogP) is 2.36. The highest BCUT2D eigenvalue weighted by molar-refractivity contribution is 5.55. The van der Waals surface area contributed by atoms with Crippen molar-refractivity contribution in [1.82, 2.24) is 4.98 Å². The summed E-state index contributed by atoms with van der Waals surface area (Å²) in [7, 11) is 0. The molecule has 2 unspecified atom stereocenters. The van der Waals surface area contributed by atoms with Crippen LogP contribution < -0.4 is 5.32 Å². The average molecular weight is 251 g/mol. The molecule has 2 heterocycles. The molecule has 0 radical (unpaired) electrons. The summed E-state index contributed by atoms with van der Waals surface area (Å²) in [6.45, 7) is 2.81. The predicted molar refractivity (Wildman–Crippen MR) is 67.6 cm³/mol. The number of anilines is 1. The van der Waals surface area contributed by atoms with Gasteiger partial charge in [0.25, 0.3) is 0 Å². The summed E-state index contributed by atoms with van der Waals surface area (Å²) in [5.74, 6) is 0.324. The summed E-state index contributed by atoms with van der Waals surface area (Å²) in [6.07, 6.45) is 4.56. The quantitative estimate of drug-likeness (QED) is 0.642. The number of nitrogens with zero attached hydrogens (tertiary/aromatic N) is 2. The van der Waals surface area contributed by atoms with Crippen molar-refractivity contribution in [3.8, 4) is 0 Å². The van der Waals surface area contributed by atoms with Crippen LogP contribution >= 0.6 is 0 Å². The van der Waals surface area contributed by atoms with Crippen LogP contribution in [0.15, 0.2) is 18.3 Å². The lowest BCUT2D eigenvalue weighted by atomic mass is 10.1. The number of aromatic nitrogens is 1. The van der Waals surface area contributed by atoms with E-state index in [4.69, 9.17) is 4.74 Å². The molecule has 0 bridgehead atoms. The third-order valence-corrected chi connectivity index (χ3v) is 3.16. The Bertz CT molecular complexity index is 419. The van der Waals surface area contributed by atoms with Crippen molar-refractivity contribution in [2.75, 3.05) is 11.9 Å². The van der Waals surface area contributed by atoms with E-state index < -0.39 is 4.92 Å². The van der Waals surface area contributed by atoms with Crippen LogP contribution in [0.2, 0.25) is 0 Å². The first-order valence-electron chi connectivity index (χ1n) is 6.20. The Hall–Kier alpha value is -1.69. The molecule has 2 rings (SSSR count). The second-order valence-electron chi connectivity index (χ2n) is 4.34. The molecule has 18 heavy (non-hydrogen) atoms. The number of rotatable bonds is 5. The monoisotopic (exact) mass is 251 g/mol. The maximum Gasteiger partial charge on any atom is 0.311 e. The van der Waals surface area contributed by atoms with Gasteiger partial charge < -0.3 is 10.1 Å². The Morgan fingerprint density at radius 1 is 1.72 bits per heavy atom. The number of pyridine rings is 1. The van der Waals surface area contributed by atoms with Crippen LogP contribution in [-0.2, 0) is 4.74 Å². The van der Waals surface area contributed by atoms with Crippen molar-refractivity contribution in [1.29, 1.82) is 0 Å². The second-order valence-corrected chi connectivity index (χ2v) is 4.34. The van der Waals surface area contributed by atoms with E-state index in [1.165, 1.54) is 6.07 Å². The Balaban J connectivity index is 2.13. The number of hydrogen-bond acceptors (Lipinski definition) is 5. The Labute approximate surface area is 106 Å². The minimum Gasteiger partial charge on any atom is -0.376 e. The van der Waals surface area contributed by atoms with E-state index in [9.17, 15) is 10.1 Å². The first kappa shape index (κ1) is 12.8. The molecule has 6 heteroatoms. The average Bonchev–Trinajstić information content (AvgIpc) is 2.90. The van der Waals surface area contributed by atoms with Crippen LogP contribution in [0.4, 0.5) is 11.5 Å². The first-order valence-corrected chi connectivity index (χ1v) is 6.20. The van der Waals surface area contributed by atoms with Gasteiger partial charge in [0.2, 0.25) is 5.82 Å². The molecular weight excluding hydrogens is 234 g/mol. The summed E-state index contributed by atoms with van der Waals surface area (Å²) >= 11 is 0. The third-order valence-electron chi connectivity index (χ3n) is 3.16. The summed E-state index contributed by atoms with van der Waals surface area (Å²) in [4.78, 5) is 14.5. The van der Waals surface area contributed by atoms with Crippen LogP contribution in [-0.4, -0.2) is 28.7 Å². The molecule has 98 valence electrons. The van der Waals surface area contributed by atoms with Gasteiger partial charge in [0.15, 0.2) is 0 Å². The van der Waals surface area contributed by atoms with Crippen molar-refractivity contribution in [3.05, 3.63) is 28.4 Å². The fraction of sp³-hybridized carbons (Fsp3) is 0.583. The summed E-state index contributed by atoms with van der Waals surface area (Å²) < 4.78 is 5.62. The highest BCUT2D eigenvalue weighted by Gasteiger charge is 2.26. The Kier molecular flexibility index (Phi) is 4.09. The molecule has 6 nitrogen and oxygen atoms in total. The Morgan fingerprint density at radius 3 is 3.17 bits per heavy atom. The molecule has 1 fully saturated rings. The maximum atomic E-state index is 10.9. The van der Waals surface area contributed by atoms with Gasteiger partial charge in [0.1, 0.15) is 0 Å². The molecule has 0 saturated carbocycles. The number of nitrogens with one attached hydrogen (secondary N) is 1. The zero-order valence-corrected chi connectivity index (χ0v) is 10.3. The molecule has 1 aliphatic heterocycles. The number of hydrogen-bond donors (Lipinski definition) is 1. The zero-order valence-electron chi connectivity index (χ0n) is 10.3. The molecule has 1 N–H and O–H groups in total. The van der Waals surface area contributed by atoms with Gasteiger partial charge in [-0.2, -0.15) is 0 Å². The normalized spacial score (nSPS) is 20.6. The van der Waals surface area contributed by atoms with Crippen LogP contribution in [0.3, 0.4) is 0 Å². The molecule has 1 saturated heterocycles. The van der Waals surface area contributed by atoms with E-state index >= 15 is 0 Å². The Morgan fingerprint density at radius 2 is 2.56 bits per heavy atom. The molecule has 1 aromatic heterocycles. The summed E-state index contributed by atoms with van der Waals surface area (Å²) in [6, 6.07) is 3.09. The van der Waals surface area contributed by atoms with Crippen molar-refractivity contribution < 1.29 is 9.66 Å². The van der Waals surface area contributed by atoms with Crippen molar-refractivity contribution in [2.24, 2.45) is 0 Å². The fourth-order valence-electron chi connectivity index (χ4n) is 2.21. The van der Waals surface area contributed by atoms with Crippen LogP contribution in [0.5, 0.6) is 0 Å². The lowest BCUT2D eigenvalue weighted by Crippen LogP contribution is -2.33. The van der Waals surface area contributed by atoms with Gasteiger partial charge >= 0.3 is 5.69 Å². The van der Waals surface area contributed by atoms with E-state index in [1.807, 2.05) is 6.92 Å². The van der Waals surface area contributed by atoms with E-state index in [0.717, 1.165) is 25.9 Å². The SMILES string of the molecule is CCC(Nc1ncccc1[N+](=O)[O-])C1CCCO1. The molecular formula is C12H17N3O3. The molecule has 0 spiro atoms. The van der Waals surface area contributed by atoms with Crippen molar-refractivity contribution in [3.63, 3.8) is 0 Å². The highest BCUT2D eigenvalue weighted by Crippen LogP contribution is 2.25. The summed E-state index contributed by atoms with van der Waals surface area (Å²) in [5.41, 5.74) is 0.00828. The minimum atomic E-state index is -0.419. The van der Waals surface area contributed by atoms with Crippen molar-refractivity contribution in [2.45, 2.75) is 38.3 Å². The standard InChI is InChI=1S/C12H17N3O3/c1-2-9(11-6-4-8-18-11)14-12-10(15(16)17)5-3-7-13-12/h3,5,7,9,11H,2,4,6,8H2,1H3,(H,13,14). The van der Waals surface area contributed by atoms with Gasteiger partial charge in [-0.25, -0.2) is 4.98 Å². The molecule has 1 aliphatic rings. The maximum absolute atomic E-state index is 10.9. The second kappa shape index (κ2) is 5.77. The van der Waals surface area contributed by atoms with E-state index in [0.29, 0.717) is 5.82 Å². The fourth-order valence-corrected chi connectivity index (χ4v) is 2.21. The summed E-state index contributed by atoms with van der Waals surface area (Å²) in [5, 5.41) is 14.0. The third kappa shape index (κ3) is 2.76. The van der Waals surface area contributed by atoms with Gasteiger partial charge in [0.05, 0.1) is 17.1 Å². The van der Waals surface area contributed by atoms with Gasteiger partial charge in [0, 0.05) is 18.9 Å². The topological polar surface area (TPSA) is 77.3 Å². The minimum absolute atomic E-state index is 0.00828. The highest BCUT2D eigenvalue weighted by atomic mass is 16.6. The lowest BCUT2D eigenvalue weighted by Gasteiger charge is -2.23. The van der Waals surface area contributed by atoms with E-state index in [-0.39, 0.29) is 17.8 Å². The van der Waals surface area contributed by atoms with Gasteiger partial charge in [-0.05, 0) is 25.3 Å². The van der Waals surface area contributed by atoms with Crippen LogP contribution in [0.25, 0.3) is 0 Å². The van der Waals surface area contributed by atoms with Gasteiger partial charge in [-0.1, -0.05) is 6.92 Å². The largest absolute Gasteiger partial charge is 0.376 e. The van der Waals surface area contributed by atoms with Gasteiger partial charge in [-0.3, -0.25) is 10.1 Å². The molecule has 0 aliphatic carbocycles. The molecule has 1 aromatic rings. The first-order chi connectivity index (χ1) is 8.72. The molecule has 0 aromatic carbocycles. The van der Waals surface area contributed by atoms with Crippen molar-refractivity contribution >= 4 is 11.5 Å². The van der Waals surface area contributed by atoms with Crippen LogP contribution in [0, 0.1) is 10.1 Å². The molecule has 0 amide bonds. The lowest BCUT2D eigenvalue weighted by molar-refractivity contribution is -0.384. The zero-order chi connectivity index (χ0) is 13.0. The smallest absolute Gasteiger partial charge is 0.311 e. The van der Waals surface area contributed by atoms with E-state index in [1.54, 1.807) is 12.3 Å².